The van der Waals surface area contributed by atoms with E-state index in [9.17, 15) is 4.79 Å². The number of hydrazine groups is 1. The summed E-state index contributed by atoms with van der Waals surface area (Å²) in [6.07, 6.45) is 3.41. The molecule has 2 aromatic rings. The van der Waals surface area contributed by atoms with E-state index in [1.807, 2.05) is 13.1 Å². The molecule has 3 rings (SSSR count). The minimum atomic E-state index is -0.101. The molecule has 0 saturated carbocycles. The number of nitrogens with zero attached hydrogens (tertiary/aromatic N) is 3. The number of amides is 1. The van der Waals surface area contributed by atoms with Gasteiger partial charge in [0.15, 0.2) is 10.9 Å². The van der Waals surface area contributed by atoms with Crippen molar-refractivity contribution in [1.82, 2.24) is 25.7 Å². The van der Waals surface area contributed by atoms with Gasteiger partial charge in [0.05, 0.1) is 5.75 Å². The highest BCUT2D eigenvalue weighted by Gasteiger charge is 2.37. The molecule has 8 heteroatoms. The average Bonchev–Trinajstić information content (AvgIpc) is 3.26. The first-order valence-corrected chi connectivity index (χ1v) is 9.72. The van der Waals surface area contributed by atoms with Crippen LogP contribution >= 0.6 is 11.8 Å². The zero-order chi connectivity index (χ0) is 18.7. The molecule has 26 heavy (non-hydrogen) atoms. The summed E-state index contributed by atoms with van der Waals surface area (Å²) in [7, 11) is 1.83. The minimum Gasteiger partial charge on any atom is -0.455 e. The summed E-state index contributed by atoms with van der Waals surface area (Å²) in [5, 5.41) is 0.687. The predicted molar refractivity (Wildman–Crippen MR) is 101 cm³/mol. The number of carbonyl (C=O) groups excluding carboxylic acids is 1. The summed E-state index contributed by atoms with van der Waals surface area (Å²) >= 11 is 1.48. The maximum atomic E-state index is 12.8. The Hall–Kier alpha value is -1.90. The number of furan rings is 1. The lowest BCUT2D eigenvalue weighted by molar-refractivity contribution is 0.0645. The smallest absolute Gasteiger partial charge is 0.289 e. The van der Waals surface area contributed by atoms with E-state index >= 15 is 0 Å². The van der Waals surface area contributed by atoms with E-state index in [1.54, 1.807) is 29.4 Å². The van der Waals surface area contributed by atoms with E-state index in [1.165, 1.54) is 11.8 Å². The number of carbonyl (C=O) groups is 1. The van der Waals surface area contributed by atoms with Gasteiger partial charge in [-0.15, -0.1) is 0 Å². The fourth-order valence-electron chi connectivity index (χ4n) is 3.41. The Morgan fingerprint density at radius 1 is 1.27 bits per heavy atom. The van der Waals surface area contributed by atoms with E-state index in [2.05, 4.69) is 41.6 Å². The van der Waals surface area contributed by atoms with Crippen LogP contribution in [0.1, 0.15) is 37.1 Å². The Balaban J connectivity index is 1.61. The zero-order valence-corrected chi connectivity index (χ0v) is 16.3. The van der Waals surface area contributed by atoms with Crippen LogP contribution in [0.15, 0.2) is 40.2 Å². The molecule has 1 fully saturated rings. The van der Waals surface area contributed by atoms with Crippen LogP contribution in [0.5, 0.6) is 0 Å². The van der Waals surface area contributed by atoms with Gasteiger partial charge in [-0.3, -0.25) is 15.6 Å². The van der Waals surface area contributed by atoms with Crippen molar-refractivity contribution in [3.63, 3.8) is 0 Å². The van der Waals surface area contributed by atoms with E-state index in [4.69, 9.17) is 4.42 Å². The van der Waals surface area contributed by atoms with Crippen LogP contribution in [-0.2, 0) is 5.75 Å². The first-order chi connectivity index (χ1) is 12.5. The quantitative estimate of drug-likeness (QED) is 0.592. The molecule has 140 valence electrons. The molecule has 0 bridgehead atoms. The standard InChI is InChI=1S/C18H25N5O2S/c1-11-16(12(2)22-21-11)13(3)23(4)17(24)15-7-6-14(25-15)10-26-18-19-8-5-9-20-18/h5-9,11-13,16,21-22H,10H2,1-4H3. The fourth-order valence-corrected chi connectivity index (χ4v) is 4.10. The Kier molecular flexibility index (Phi) is 5.95. The highest BCUT2D eigenvalue weighted by molar-refractivity contribution is 7.98. The van der Waals surface area contributed by atoms with Gasteiger partial charge >= 0.3 is 0 Å². The molecule has 1 saturated heterocycles. The summed E-state index contributed by atoms with van der Waals surface area (Å²) in [5.74, 6) is 1.90. The largest absolute Gasteiger partial charge is 0.455 e. The van der Waals surface area contributed by atoms with E-state index in [-0.39, 0.29) is 11.9 Å². The summed E-state index contributed by atoms with van der Waals surface area (Å²) in [6.45, 7) is 6.34. The number of hydrogen-bond acceptors (Lipinski definition) is 7. The molecule has 3 heterocycles. The van der Waals surface area contributed by atoms with Gasteiger partial charge in [-0.25, -0.2) is 9.97 Å². The molecule has 2 N–H and O–H groups in total. The van der Waals surface area contributed by atoms with Crippen LogP contribution in [0.25, 0.3) is 0 Å². The molecular formula is C18H25N5O2S. The summed E-state index contributed by atoms with van der Waals surface area (Å²) in [5.41, 5.74) is 6.49. The van der Waals surface area contributed by atoms with Crippen molar-refractivity contribution in [2.75, 3.05) is 7.05 Å². The normalized spacial score (nSPS) is 23.8. The van der Waals surface area contributed by atoms with Gasteiger partial charge in [0, 0.05) is 43.5 Å². The summed E-state index contributed by atoms with van der Waals surface area (Å²) < 4.78 is 5.76. The average molecular weight is 375 g/mol. The third kappa shape index (κ3) is 4.08. The zero-order valence-electron chi connectivity index (χ0n) is 15.5. The van der Waals surface area contributed by atoms with Crippen LogP contribution in [0.2, 0.25) is 0 Å². The van der Waals surface area contributed by atoms with Gasteiger partial charge in [0.25, 0.3) is 5.91 Å². The minimum absolute atomic E-state index is 0.0793. The second kappa shape index (κ2) is 8.20. The molecule has 2 aromatic heterocycles. The van der Waals surface area contributed by atoms with Crippen LogP contribution < -0.4 is 10.9 Å². The molecule has 3 atom stereocenters. The van der Waals surface area contributed by atoms with E-state index < -0.39 is 0 Å². The molecule has 0 aromatic carbocycles. The van der Waals surface area contributed by atoms with E-state index in [0.29, 0.717) is 34.7 Å². The highest BCUT2D eigenvalue weighted by Crippen LogP contribution is 2.25. The van der Waals surface area contributed by atoms with Gasteiger partial charge < -0.3 is 9.32 Å². The molecule has 0 aliphatic carbocycles. The van der Waals surface area contributed by atoms with Crippen LogP contribution in [0.3, 0.4) is 0 Å². The SMILES string of the molecule is CC1NNC(C)C1C(C)N(C)C(=O)c1ccc(CSc2ncccn2)o1. The van der Waals surface area contributed by atoms with Gasteiger partial charge in [-0.2, -0.15) is 0 Å². The first-order valence-electron chi connectivity index (χ1n) is 8.74. The maximum absolute atomic E-state index is 12.8. The van der Waals surface area contributed by atoms with Gasteiger partial charge in [-0.1, -0.05) is 11.8 Å². The van der Waals surface area contributed by atoms with Crippen LogP contribution in [0, 0.1) is 5.92 Å². The lowest BCUT2D eigenvalue weighted by Gasteiger charge is -2.32. The molecule has 3 unspecified atom stereocenters. The van der Waals surface area contributed by atoms with Crippen molar-refractivity contribution >= 4 is 17.7 Å². The second-order valence-corrected chi connectivity index (χ2v) is 7.63. The van der Waals surface area contributed by atoms with Crippen molar-refractivity contribution in [2.45, 2.75) is 49.8 Å². The number of thioether (sulfide) groups is 1. The highest BCUT2D eigenvalue weighted by atomic mass is 32.2. The molecule has 1 amide bonds. The number of nitrogens with one attached hydrogen (secondary N) is 2. The second-order valence-electron chi connectivity index (χ2n) is 6.69. The Morgan fingerprint density at radius 3 is 2.58 bits per heavy atom. The first kappa shape index (κ1) is 18.9. The maximum Gasteiger partial charge on any atom is 0.289 e. The Morgan fingerprint density at radius 2 is 1.92 bits per heavy atom. The summed E-state index contributed by atoms with van der Waals surface area (Å²) in [4.78, 5) is 22.9. The third-order valence-corrected chi connectivity index (χ3v) is 5.84. The van der Waals surface area contributed by atoms with Crippen molar-refractivity contribution in [3.05, 3.63) is 42.1 Å². The molecule has 1 aliphatic rings. The third-order valence-electron chi connectivity index (χ3n) is 4.94. The van der Waals surface area contributed by atoms with Crippen molar-refractivity contribution in [2.24, 2.45) is 5.92 Å². The Labute approximate surface area is 157 Å². The Bertz CT molecular complexity index is 728. The van der Waals surface area contributed by atoms with Crippen LogP contribution in [0.4, 0.5) is 0 Å². The van der Waals surface area contributed by atoms with Gasteiger partial charge in [0.1, 0.15) is 5.76 Å². The van der Waals surface area contributed by atoms with Gasteiger partial charge in [-0.05, 0) is 39.0 Å². The molecular weight excluding hydrogens is 350 g/mol. The molecule has 0 spiro atoms. The van der Waals surface area contributed by atoms with Gasteiger partial charge in [0.2, 0.25) is 0 Å². The lowest BCUT2D eigenvalue weighted by atomic mass is 9.89. The lowest BCUT2D eigenvalue weighted by Crippen LogP contribution is -2.45. The number of hydrogen-bond donors (Lipinski definition) is 2. The van der Waals surface area contributed by atoms with Crippen molar-refractivity contribution < 1.29 is 9.21 Å². The molecule has 1 aliphatic heterocycles. The monoisotopic (exact) mass is 375 g/mol. The number of rotatable bonds is 6. The summed E-state index contributed by atoms with van der Waals surface area (Å²) in [6, 6.07) is 6.03. The predicted octanol–water partition coefficient (Wildman–Crippen LogP) is 2.32. The number of aromatic nitrogens is 2. The van der Waals surface area contributed by atoms with Crippen molar-refractivity contribution in [1.29, 1.82) is 0 Å². The topological polar surface area (TPSA) is 83.3 Å². The molecule has 0 radical (unpaired) electrons. The van der Waals surface area contributed by atoms with Crippen LogP contribution in [-0.4, -0.2) is 45.9 Å². The molecule has 7 nitrogen and oxygen atoms in total. The van der Waals surface area contributed by atoms with E-state index in [0.717, 1.165) is 5.76 Å². The van der Waals surface area contributed by atoms with Crippen molar-refractivity contribution in [3.8, 4) is 0 Å². The fraction of sp³-hybridized carbons (Fsp3) is 0.500.